The molecule has 1 aliphatic rings. The van der Waals surface area contributed by atoms with Gasteiger partial charge in [-0.2, -0.15) is 4.31 Å². The van der Waals surface area contributed by atoms with Crippen LogP contribution in [0.3, 0.4) is 0 Å². The summed E-state index contributed by atoms with van der Waals surface area (Å²) in [6.07, 6.45) is 5.40. The maximum Gasteiger partial charge on any atom is 0.236 e. The molecule has 2 rings (SSSR count). The number of hydrogen-bond acceptors (Lipinski definition) is 4. The second kappa shape index (κ2) is 5.60. The van der Waals surface area contributed by atoms with Gasteiger partial charge in [0.05, 0.1) is 6.10 Å². The Bertz CT molecular complexity index is 505. The molecule has 0 aliphatic carbocycles. The van der Waals surface area contributed by atoms with Crippen LogP contribution in [-0.4, -0.2) is 42.0 Å². The lowest BCUT2D eigenvalue weighted by Crippen LogP contribution is -2.38. The van der Waals surface area contributed by atoms with E-state index in [1.165, 1.54) is 15.8 Å². The molecular formula is C12H16N2O3S. The van der Waals surface area contributed by atoms with Crippen LogP contribution in [0.15, 0.2) is 29.9 Å². The SMILES string of the molecule is O=S(=O)(C=Cc1cccnc1)N1CCC(O)CC1. The van der Waals surface area contributed by atoms with Crippen LogP contribution in [0.2, 0.25) is 0 Å². The van der Waals surface area contributed by atoms with Crippen molar-refractivity contribution in [3.8, 4) is 0 Å². The minimum atomic E-state index is -3.39. The lowest BCUT2D eigenvalue weighted by atomic mass is 10.1. The van der Waals surface area contributed by atoms with Crippen molar-refractivity contribution in [3.05, 3.63) is 35.5 Å². The number of aliphatic hydroxyl groups is 1. The molecule has 1 aliphatic heterocycles. The first kappa shape index (κ1) is 13.2. The molecule has 5 nitrogen and oxygen atoms in total. The molecule has 1 saturated heterocycles. The highest BCUT2D eigenvalue weighted by atomic mass is 32.2. The van der Waals surface area contributed by atoms with Crippen molar-refractivity contribution in [2.24, 2.45) is 0 Å². The fourth-order valence-corrected chi connectivity index (χ4v) is 3.04. The third-order valence-corrected chi connectivity index (χ3v) is 4.47. The van der Waals surface area contributed by atoms with Crippen molar-refractivity contribution in [2.45, 2.75) is 18.9 Å². The number of aromatic nitrogens is 1. The van der Waals surface area contributed by atoms with E-state index in [0.29, 0.717) is 25.9 Å². The topological polar surface area (TPSA) is 70.5 Å². The van der Waals surface area contributed by atoms with Crippen LogP contribution in [0.5, 0.6) is 0 Å². The van der Waals surface area contributed by atoms with E-state index in [2.05, 4.69) is 4.98 Å². The number of hydrogen-bond donors (Lipinski definition) is 1. The summed E-state index contributed by atoms with van der Waals surface area (Å²) < 4.78 is 25.4. The highest BCUT2D eigenvalue weighted by Crippen LogP contribution is 2.15. The third-order valence-electron chi connectivity index (χ3n) is 2.90. The van der Waals surface area contributed by atoms with E-state index in [-0.39, 0.29) is 6.10 Å². The number of piperidine rings is 1. The summed E-state index contributed by atoms with van der Waals surface area (Å²) in [5.41, 5.74) is 0.748. The molecule has 1 N–H and O–H groups in total. The van der Waals surface area contributed by atoms with Gasteiger partial charge in [0.2, 0.25) is 10.0 Å². The van der Waals surface area contributed by atoms with E-state index in [1.807, 2.05) is 0 Å². The first-order chi connectivity index (χ1) is 8.58. The van der Waals surface area contributed by atoms with Crippen LogP contribution in [0, 0.1) is 0 Å². The Balaban J connectivity index is 2.06. The third kappa shape index (κ3) is 3.38. The van der Waals surface area contributed by atoms with Crippen LogP contribution >= 0.6 is 0 Å². The predicted octanol–water partition coefficient (Wildman–Crippen LogP) is 0.839. The molecule has 1 aromatic rings. The van der Waals surface area contributed by atoms with Crippen LogP contribution < -0.4 is 0 Å². The highest BCUT2D eigenvalue weighted by molar-refractivity contribution is 7.92. The number of sulfonamides is 1. The van der Waals surface area contributed by atoms with Gasteiger partial charge in [0.15, 0.2) is 0 Å². The molecule has 0 spiro atoms. The molecule has 1 aromatic heterocycles. The minimum absolute atomic E-state index is 0.376. The summed E-state index contributed by atoms with van der Waals surface area (Å²) in [6, 6.07) is 3.54. The standard InChI is InChI=1S/C12H16N2O3S/c15-12-3-7-14(8-4-12)18(16,17)9-5-11-2-1-6-13-10-11/h1-2,5-6,9-10,12,15H,3-4,7-8H2. The average molecular weight is 268 g/mol. The smallest absolute Gasteiger partial charge is 0.236 e. The maximum absolute atomic E-state index is 12.0. The molecule has 18 heavy (non-hydrogen) atoms. The summed E-state index contributed by atoms with van der Waals surface area (Å²) in [5, 5.41) is 10.5. The Labute approximate surface area is 107 Å². The molecule has 0 atom stereocenters. The van der Waals surface area contributed by atoms with Gasteiger partial charge in [-0.05, 0) is 30.5 Å². The van der Waals surface area contributed by atoms with Crippen molar-refractivity contribution >= 4 is 16.1 Å². The summed E-state index contributed by atoms with van der Waals surface area (Å²) in [5.74, 6) is 0. The Morgan fingerprint density at radius 1 is 1.39 bits per heavy atom. The zero-order valence-electron chi connectivity index (χ0n) is 9.94. The van der Waals surface area contributed by atoms with E-state index in [9.17, 15) is 13.5 Å². The fraction of sp³-hybridized carbons (Fsp3) is 0.417. The van der Waals surface area contributed by atoms with Gasteiger partial charge in [-0.25, -0.2) is 8.42 Å². The number of aliphatic hydroxyl groups excluding tert-OH is 1. The van der Waals surface area contributed by atoms with E-state index in [0.717, 1.165) is 5.56 Å². The van der Waals surface area contributed by atoms with E-state index in [4.69, 9.17) is 0 Å². The normalized spacial score (nSPS) is 19.4. The lowest BCUT2D eigenvalue weighted by Gasteiger charge is -2.27. The average Bonchev–Trinajstić information content (AvgIpc) is 2.38. The van der Waals surface area contributed by atoms with Crippen molar-refractivity contribution in [1.82, 2.24) is 9.29 Å². The number of nitrogens with zero attached hydrogens (tertiary/aromatic N) is 2. The first-order valence-corrected chi connectivity index (χ1v) is 7.34. The predicted molar refractivity (Wildman–Crippen MR) is 69.0 cm³/mol. The summed E-state index contributed by atoms with van der Waals surface area (Å²) in [7, 11) is -3.39. The number of pyridine rings is 1. The van der Waals surface area contributed by atoms with Crippen LogP contribution in [0.25, 0.3) is 6.08 Å². The number of rotatable bonds is 3. The summed E-state index contributed by atoms with van der Waals surface area (Å²) in [6.45, 7) is 0.752. The zero-order valence-corrected chi connectivity index (χ0v) is 10.8. The molecule has 0 aromatic carbocycles. The van der Waals surface area contributed by atoms with E-state index >= 15 is 0 Å². The van der Waals surface area contributed by atoms with Gasteiger partial charge in [-0.3, -0.25) is 4.98 Å². The molecular weight excluding hydrogens is 252 g/mol. The Morgan fingerprint density at radius 2 is 2.11 bits per heavy atom. The van der Waals surface area contributed by atoms with Gasteiger partial charge < -0.3 is 5.11 Å². The highest BCUT2D eigenvalue weighted by Gasteiger charge is 2.24. The molecule has 6 heteroatoms. The van der Waals surface area contributed by atoms with Crippen LogP contribution in [0.4, 0.5) is 0 Å². The van der Waals surface area contributed by atoms with Crippen molar-refractivity contribution in [2.75, 3.05) is 13.1 Å². The largest absolute Gasteiger partial charge is 0.393 e. The molecule has 0 unspecified atom stereocenters. The van der Waals surface area contributed by atoms with Gasteiger partial charge in [0.25, 0.3) is 0 Å². The van der Waals surface area contributed by atoms with E-state index in [1.54, 1.807) is 24.5 Å². The summed E-state index contributed by atoms with van der Waals surface area (Å²) >= 11 is 0. The second-order valence-corrected chi connectivity index (χ2v) is 6.08. The van der Waals surface area contributed by atoms with Crippen molar-refractivity contribution in [1.29, 1.82) is 0 Å². The molecule has 98 valence electrons. The first-order valence-electron chi connectivity index (χ1n) is 5.84. The quantitative estimate of drug-likeness (QED) is 0.882. The van der Waals surface area contributed by atoms with Gasteiger partial charge in [0.1, 0.15) is 0 Å². The van der Waals surface area contributed by atoms with Crippen LogP contribution in [-0.2, 0) is 10.0 Å². The zero-order chi connectivity index (χ0) is 13.0. The lowest BCUT2D eigenvalue weighted by molar-refractivity contribution is 0.113. The minimum Gasteiger partial charge on any atom is -0.393 e. The van der Waals surface area contributed by atoms with Crippen LogP contribution in [0.1, 0.15) is 18.4 Å². The monoisotopic (exact) mass is 268 g/mol. The maximum atomic E-state index is 12.0. The van der Waals surface area contributed by atoms with Crippen molar-refractivity contribution < 1.29 is 13.5 Å². The van der Waals surface area contributed by atoms with Gasteiger partial charge >= 0.3 is 0 Å². The fourth-order valence-electron chi connectivity index (χ4n) is 1.82. The Hall–Kier alpha value is -1.24. The molecule has 0 saturated carbocycles. The summed E-state index contributed by atoms with van der Waals surface area (Å²) in [4.78, 5) is 3.92. The van der Waals surface area contributed by atoms with Gasteiger partial charge in [-0.1, -0.05) is 6.07 Å². The van der Waals surface area contributed by atoms with E-state index < -0.39 is 10.0 Å². The Morgan fingerprint density at radius 3 is 2.72 bits per heavy atom. The molecule has 0 amide bonds. The molecule has 0 radical (unpaired) electrons. The molecule has 1 fully saturated rings. The Kier molecular flexibility index (Phi) is 4.11. The van der Waals surface area contributed by atoms with Gasteiger partial charge in [0, 0.05) is 30.9 Å². The second-order valence-electron chi connectivity index (χ2n) is 4.26. The van der Waals surface area contributed by atoms with Gasteiger partial charge in [-0.15, -0.1) is 0 Å². The molecule has 0 bridgehead atoms. The van der Waals surface area contributed by atoms with Crippen molar-refractivity contribution in [3.63, 3.8) is 0 Å². The molecule has 2 heterocycles.